The smallest absolute Gasteiger partial charge is 0.330 e. The predicted octanol–water partition coefficient (Wildman–Crippen LogP) is 1.46. The van der Waals surface area contributed by atoms with Crippen molar-refractivity contribution >= 4 is 29.2 Å². The molecule has 0 aliphatic carbocycles. The first kappa shape index (κ1) is 20.4. The third-order valence-corrected chi connectivity index (χ3v) is 5.31. The van der Waals surface area contributed by atoms with Gasteiger partial charge in [-0.25, -0.2) is 4.79 Å². The third-order valence-electron chi connectivity index (χ3n) is 4.32. The maximum atomic E-state index is 12.6. The zero-order valence-electron chi connectivity index (χ0n) is 15.9. The zero-order chi connectivity index (χ0) is 20.8. The number of nitrogen functional groups attached to an aromatic ring is 1. The van der Waals surface area contributed by atoms with E-state index < -0.39 is 11.2 Å². The molecule has 0 aliphatic rings. The standard InChI is InChI=1S/C20H21N5O3S/c1-24(16(26)13-29-12-15-8-5-9-22-10-15)17-18(21)25(20(28)23-19(17)27)11-14-6-3-2-4-7-14/h2-10H,11-13,21H2,1H3,(H,23,27,28). The molecule has 0 radical (unpaired) electrons. The number of benzene rings is 1. The molecule has 0 saturated heterocycles. The summed E-state index contributed by atoms with van der Waals surface area (Å²) >= 11 is 1.41. The molecule has 2 aromatic heterocycles. The Balaban J connectivity index is 1.78. The summed E-state index contributed by atoms with van der Waals surface area (Å²) in [5.74, 6) is 0.436. The van der Waals surface area contributed by atoms with Crippen LogP contribution in [0.3, 0.4) is 0 Å². The molecule has 150 valence electrons. The minimum absolute atomic E-state index is 0.0347. The molecule has 0 spiro atoms. The molecule has 3 N–H and O–H groups in total. The van der Waals surface area contributed by atoms with E-state index in [2.05, 4.69) is 9.97 Å². The summed E-state index contributed by atoms with van der Waals surface area (Å²) in [4.78, 5) is 44.7. The molecule has 2 heterocycles. The number of hydrogen-bond acceptors (Lipinski definition) is 6. The Hall–Kier alpha value is -3.33. The quantitative estimate of drug-likeness (QED) is 0.608. The number of nitrogens with one attached hydrogen (secondary N) is 1. The van der Waals surface area contributed by atoms with Gasteiger partial charge in [-0.15, -0.1) is 11.8 Å². The molecular weight excluding hydrogens is 390 g/mol. The molecule has 0 fully saturated rings. The monoisotopic (exact) mass is 411 g/mol. The minimum Gasteiger partial charge on any atom is -0.383 e. The van der Waals surface area contributed by atoms with Crippen LogP contribution < -0.4 is 21.9 Å². The number of nitrogens with zero attached hydrogens (tertiary/aromatic N) is 3. The van der Waals surface area contributed by atoms with Gasteiger partial charge in [0.25, 0.3) is 5.56 Å². The fourth-order valence-corrected chi connectivity index (χ4v) is 3.66. The molecule has 1 amide bonds. The first-order valence-corrected chi connectivity index (χ1v) is 10.0. The molecule has 29 heavy (non-hydrogen) atoms. The average molecular weight is 411 g/mol. The normalized spacial score (nSPS) is 10.7. The Morgan fingerprint density at radius 3 is 2.59 bits per heavy atom. The van der Waals surface area contributed by atoms with Gasteiger partial charge in [-0.05, 0) is 17.2 Å². The average Bonchev–Trinajstić information content (AvgIpc) is 2.72. The molecule has 0 bridgehead atoms. The van der Waals surface area contributed by atoms with E-state index in [1.54, 1.807) is 12.4 Å². The number of carbonyl (C=O) groups excluding carboxylic acids is 1. The first-order valence-electron chi connectivity index (χ1n) is 8.87. The Kier molecular flexibility index (Phi) is 6.50. The van der Waals surface area contributed by atoms with E-state index in [0.717, 1.165) is 11.1 Å². The number of nitrogens with two attached hydrogens (primary N) is 1. The third kappa shape index (κ3) is 4.94. The van der Waals surface area contributed by atoms with Crippen molar-refractivity contribution in [1.82, 2.24) is 14.5 Å². The summed E-state index contributed by atoms with van der Waals surface area (Å²) in [6.45, 7) is 0.188. The lowest BCUT2D eigenvalue weighted by Crippen LogP contribution is -2.40. The second-order valence-electron chi connectivity index (χ2n) is 6.37. The Labute approximate surface area is 171 Å². The summed E-state index contributed by atoms with van der Waals surface area (Å²) in [5, 5.41) is 0. The van der Waals surface area contributed by atoms with Gasteiger partial charge in [0, 0.05) is 25.2 Å². The number of anilines is 2. The highest BCUT2D eigenvalue weighted by Gasteiger charge is 2.21. The molecule has 3 rings (SSSR count). The largest absolute Gasteiger partial charge is 0.383 e. The van der Waals surface area contributed by atoms with Gasteiger partial charge in [0.05, 0.1) is 12.3 Å². The van der Waals surface area contributed by atoms with E-state index >= 15 is 0 Å². The summed E-state index contributed by atoms with van der Waals surface area (Å²) in [5.41, 5.74) is 6.63. The van der Waals surface area contributed by atoms with Gasteiger partial charge in [0.15, 0.2) is 5.69 Å². The Morgan fingerprint density at radius 1 is 1.17 bits per heavy atom. The van der Waals surface area contributed by atoms with Crippen LogP contribution in [0.5, 0.6) is 0 Å². The molecule has 0 saturated carbocycles. The maximum Gasteiger partial charge on any atom is 0.330 e. The van der Waals surface area contributed by atoms with Gasteiger partial charge in [-0.1, -0.05) is 36.4 Å². The van der Waals surface area contributed by atoms with E-state index in [1.165, 1.54) is 28.3 Å². The van der Waals surface area contributed by atoms with Crippen molar-refractivity contribution in [3.63, 3.8) is 0 Å². The number of aromatic nitrogens is 3. The molecule has 0 atom stereocenters. The van der Waals surface area contributed by atoms with Crippen molar-refractivity contribution in [2.75, 3.05) is 23.4 Å². The number of amides is 1. The number of carbonyl (C=O) groups is 1. The van der Waals surface area contributed by atoms with E-state index in [1.807, 2.05) is 42.5 Å². The predicted molar refractivity (Wildman–Crippen MR) is 115 cm³/mol. The number of thioether (sulfide) groups is 1. The molecule has 0 unspecified atom stereocenters. The lowest BCUT2D eigenvalue weighted by Gasteiger charge is -2.20. The molecular formula is C20H21N5O3S. The van der Waals surface area contributed by atoms with Gasteiger partial charge in [-0.3, -0.25) is 24.1 Å². The summed E-state index contributed by atoms with van der Waals surface area (Å²) in [6, 6.07) is 13.0. The van der Waals surface area contributed by atoms with Gasteiger partial charge in [0.1, 0.15) is 5.82 Å². The zero-order valence-corrected chi connectivity index (χ0v) is 16.7. The van der Waals surface area contributed by atoms with Crippen molar-refractivity contribution in [2.24, 2.45) is 0 Å². The number of rotatable bonds is 7. The fraction of sp³-hybridized carbons (Fsp3) is 0.200. The Morgan fingerprint density at radius 2 is 1.90 bits per heavy atom. The van der Waals surface area contributed by atoms with Crippen molar-refractivity contribution in [3.05, 3.63) is 86.8 Å². The second-order valence-corrected chi connectivity index (χ2v) is 7.36. The minimum atomic E-state index is -0.690. The number of pyridine rings is 1. The van der Waals surface area contributed by atoms with Crippen LogP contribution in [0, 0.1) is 0 Å². The summed E-state index contributed by atoms with van der Waals surface area (Å²) in [6.07, 6.45) is 3.43. The molecule has 0 aliphatic heterocycles. The van der Waals surface area contributed by atoms with Crippen molar-refractivity contribution in [3.8, 4) is 0 Å². The highest BCUT2D eigenvalue weighted by Crippen LogP contribution is 2.18. The second kappa shape index (κ2) is 9.24. The van der Waals surface area contributed by atoms with Crippen LogP contribution in [-0.2, 0) is 17.1 Å². The Bertz CT molecular complexity index is 1100. The van der Waals surface area contributed by atoms with Crippen LogP contribution in [0.25, 0.3) is 0 Å². The lowest BCUT2D eigenvalue weighted by atomic mass is 10.2. The van der Waals surface area contributed by atoms with E-state index in [-0.39, 0.29) is 29.7 Å². The summed E-state index contributed by atoms with van der Waals surface area (Å²) in [7, 11) is 1.48. The van der Waals surface area contributed by atoms with E-state index in [4.69, 9.17) is 5.73 Å². The molecule has 1 aromatic carbocycles. The van der Waals surface area contributed by atoms with Gasteiger partial charge in [-0.2, -0.15) is 0 Å². The molecule has 9 heteroatoms. The number of H-pyrrole nitrogens is 1. The number of aromatic amines is 1. The highest BCUT2D eigenvalue weighted by molar-refractivity contribution is 7.99. The van der Waals surface area contributed by atoms with Crippen LogP contribution in [0.2, 0.25) is 0 Å². The topological polar surface area (TPSA) is 114 Å². The number of hydrogen-bond donors (Lipinski definition) is 2. The fourth-order valence-electron chi connectivity index (χ4n) is 2.79. The van der Waals surface area contributed by atoms with Gasteiger partial charge in [0.2, 0.25) is 5.91 Å². The van der Waals surface area contributed by atoms with Crippen molar-refractivity contribution in [2.45, 2.75) is 12.3 Å². The van der Waals surface area contributed by atoms with Crippen molar-refractivity contribution in [1.29, 1.82) is 0 Å². The maximum absolute atomic E-state index is 12.6. The SMILES string of the molecule is CN(C(=O)CSCc1cccnc1)c1c(N)n(Cc2ccccc2)c(=O)[nH]c1=O. The van der Waals surface area contributed by atoms with Gasteiger partial charge < -0.3 is 10.6 Å². The highest BCUT2D eigenvalue weighted by atomic mass is 32.2. The van der Waals surface area contributed by atoms with Crippen LogP contribution in [-0.4, -0.2) is 33.2 Å². The first-order chi connectivity index (χ1) is 14.0. The van der Waals surface area contributed by atoms with Crippen LogP contribution in [0.15, 0.2) is 64.4 Å². The lowest BCUT2D eigenvalue weighted by molar-refractivity contribution is -0.115. The van der Waals surface area contributed by atoms with Crippen LogP contribution in [0.4, 0.5) is 11.5 Å². The molecule has 8 nitrogen and oxygen atoms in total. The van der Waals surface area contributed by atoms with E-state index in [9.17, 15) is 14.4 Å². The van der Waals surface area contributed by atoms with Crippen LogP contribution in [0.1, 0.15) is 11.1 Å². The van der Waals surface area contributed by atoms with Gasteiger partial charge >= 0.3 is 5.69 Å². The summed E-state index contributed by atoms with van der Waals surface area (Å²) < 4.78 is 1.25. The van der Waals surface area contributed by atoms with E-state index in [0.29, 0.717) is 5.75 Å². The molecule has 3 aromatic rings. The van der Waals surface area contributed by atoms with Crippen LogP contribution >= 0.6 is 11.8 Å². The van der Waals surface area contributed by atoms with Crippen molar-refractivity contribution < 1.29 is 4.79 Å².